The van der Waals surface area contributed by atoms with Gasteiger partial charge in [0.15, 0.2) is 5.65 Å². The number of rotatable bonds is 1. The van der Waals surface area contributed by atoms with Crippen LogP contribution in [0.4, 0.5) is 0 Å². The quantitative estimate of drug-likeness (QED) is 0.826. The molecule has 0 radical (unpaired) electrons. The summed E-state index contributed by atoms with van der Waals surface area (Å²) in [7, 11) is 0. The Kier molecular flexibility index (Phi) is 2.09. The van der Waals surface area contributed by atoms with Gasteiger partial charge in [0.2, 0.25) is 0 Å². The zero-order valence-corrected chi connectivity index (χ0v) is 8.87. The lowest BCUT2D eigenvalue weighted by Crippen LogP contribution is -1.98. The Hall–Kier alpha value is -0.870. The molecule has 2 aromatic heterocycles. The Morgan fingerprint density at radius 2 is 2.38 bits per heavy atom. The minimum absolute atomic E-state index is 0.486. The number of hydrogen-bond acceptors (Lipinski definition) is 2. The number of aryl methyl sites for hydroxylation is 1. The van der Waals surface area contributed by atoms with Gasteiger partial charge in [0, 0.05) is 18.4 Å². The summed E-state index contributed by atoms with van der Waals surface area (Å²) < 4.78 is 3.03. The van der Waals surface area contributed by atoms with Crippen molar-refractivity contribution in [3.05, 3.63) is 34.2 Å². The average Bonchev–Trinajstić information content (AvgIpc) is 2.45. The molecule has 0 bridgehead atoms. The van der Waals surface area contributed by atoms with Gasteiger partial charge in [-0.25, -0.2) is 4.98 Å². The van der Waals surface area contributed by atoms with E-state index in [4.69, 9.17) is 5.73 Å². The zero-order chi connectivity index (χ0) is 9.42. The Balaban J connectivity index is 2.83. The van der Waals surface area contributed by atoms with Crippen LogP contribution in [-0.4, -0.2) is 9.38 Å². The topological polar surface area (TPSA) is 43.3 Å². The lowest BCUT2D eigenvalue weighted by molar-refractivity contribution is 0.982. The number of nitrogens with zero attached hydrogens (tertiary/aromatic N) is 2. The van der Waals surface area contributed by atoms with Crippen LogP contribution in [0, 0.1) is 6.92 Å². The van der Waals surface area contributed by atoms with Crippen LogP contribution in [0.3, 0.4) is 0 Å². The number of fused-ring (bicyclic) bond motifs is 1. The van der Waals surface area contributed by atoms with Crippen LogP contribution in [0.15, 0.2) is 22.8 Å². The molecule has 0 aliphatic carbocycles. The predicted octanol–water partition coefficient (Wildman–Crippen LogP) is 1.86. The van der Waals surface area contributed by atoms with Gasteiger partial charge in [-0.1, -0.05) is 0 Å². The van der Waals surface area contributed by atoms with E-state index in [2.05, 4.69) is 20.9 Å². The molecule has 3 nitrogen and oxygen atoms in total. The molecule has 0 fully saturated rings. The molecule has 13 heavy (non-hydrogen) atoms. The molecule has 2 rings (SSSR count). The molecule has 0 amide bonds. The predicted molar refractivity (Wildman–Crippen MR) is 55.5 cm³/mol. The summed E-state index contributed by atoms with van der Waals surface area (Å²) in [6.07, 6.45) is 1.99. The van der Waals surface area contributed by atoms with E-state index < -0.39 is 0 Å². The van der Waals surface area contributed by atoms with Crippen molar-refractivity contribution in [1.29, 1.82) is 0 Å². The van der Waals surface area contributed by atoms with Gasteiger partial charge in [0.1, 0.15) is 0 Å². The van der Waals surface area contributed by atoms with Crippen LogP contribution in [0.5, 0.6) is 0 Å². The molecule has 2 N–H and O–H groups in total. The number of hydrogen-bond donors (Lipinski definition) is 1. The monoisotopic (exact) mass is 239 g/mol. The van der Waals surface area contributed by atoms with Crippen LogP contribution in [0.1, 0.15) is 11.4 Å². The Morgan fingerprint density at radius 1 is 1.62 bits per heavy atom. The highest BCUT2D eigenvalue weighted by Gasteiger charge is 2.07. The van der Waals surface area contributed by atoms with Crippen molar-refractivity contribution in [3.8, 4) is 0 Å². The van der Waals surface area contributed by atoms with Crippen molar-refractivity contribution in [2.45, 2.75) is 13.5 Å². The van der Waals surface area contributed by atoms with Gasteiger partial charge < -0.3 is 10.1 Å². The molecule has 2 aromatic rings. The number of halogens is 1. The second-order valence-corrected chi connectivity index (χ2v) is 3.75. The molecule has 4 heteroatoms. The van der Waals surface area contributed by atoms with Crippen molar-refractivity contribution < 1.29 is 0 Å². The van der Waals surface area contributed by atoms with Gasteiger partial charge in [-0.2, -0.15) is 0 Å². The fourth-order valence-electron chi connectivity index (χ4n) is 1.39. The summed E-state index contributed by atoms with van der Waals surface area (Å²) in [5.41, 5.74) is 8.57. The van der Waals surface area contributed by atoms with Gasteiger partial charge in [-0.3, -0.25) is 0 Å². The smallest absolute Gasteiger partial charge is 0.151 e. The molecule has 0 aliphatic heterocycles. The summed E-state index contributed by atoms with van der Waals surface area (Å²) >= 11 is 3.45. The van der Waals surface area contributed by atoms with Crippen LogP contribution in [-0.2, 0) is 6.54 Å². The van der Waals surface area contributed by atoms with Crippen molar-refractivity contribution >= 4 is 21.6 Å². The Bertz CT molecular complexity index is 447. The molecule has 68 valence electrons. The Morgan fingerprint density at radius 3 is 3.00 bits per heavy atom. The second-order valence-electron chi connectivity index (χ2n) is 2.90. The lowest BCUT2D eigenvalue weighted by atomic mass is 10.3. The fourth-order valence-corrected chi connectivity index (χ4v) is 1.83. The summed E-state index contributed by atoms with van der Waals surface area (Å²) in [6.45, 7) is 2.51. The third kappa shape index (κ3) is 1.26. The van der Waals surface area contributed by atoms with Crippen molar-refractivity contribution in [2.75, 3.05) is 0 Å². The zero-order valence-electron chi connectivity index (χ0n) is 7.29. The highest BCUT2D eigenvalue weighted by Crippen LogP contribution is 2.19. The van der Waals surface area contributed by atoms with Crippen molar-refractivity contribution in [3.63, 3.8) is 0 Å². The first-order valence-corrected chi connectivity index (χ1v) is 4.85. The first-order valence-electron chi connectivity index (χ1n) is 4.06. The van der Waals surface area contributed by atoms with E-state index in [1.807, 2.05) is 29.7 Å². The van der Waals surface area contributed by atoms with Gasteiger partial charge in [0.05, 0.1) is 10.2 Å². The van der Waals surface area contributed by atoms with Crippen LogP contribution in [0.25, 0.3) is 5.65 Å². The first-order chi connectivity index (χ1) is 6.24. The summed E-state index contributed by atoms with van der Waals surface area (Å²) in [4.78, 5) is 4.42. The number of aromatic nitrogens is 2. The van der Waals surface area contributed by atoms with E-state index in [9.17, 15) is 0 Å². The molecule has 0 atom stereocenters. The highest BCUT2D eigenvalue weighted by atomic mass is 79.9. The molecule has 0 saturated heterocycles. The van der Waals surface area contributed by atoms with Gasteiger partial charge in [-0.15, -0.1) is 0 Å². The molecule has 0 unspecified atom stereocenters. The second kappa shape index (κ2) is 3.12. The number of nitrogens with two attached hydrogens (primary N) is 1. The summed E-state index contributed by atoms with van der Waals surface area (Å²) in [5.74, 6) is 0. The standard InChI is InChI=1S/C9H10BrN3/c1-6-8(5-11)12-9-7(10)3-2-4-13(6)9/h2-4H,5,11H2,1H3. The summed E-state index contributed by atoms with van der Waals surface area (Å²) in [6, 6.07) is 3.95. The van der Waals surface area contributed by atoms with E-state index in [1.165, 1.54) is 0 Å². The molecule has 0 aliphatic rings. The third-order valence-electron chi connectivity index (χ3n) is 2.13. The SMILES string of the molecule is Cc1c(CN)nc2c(Br)cccn12. The van der Waals surface area contributed by atoms with Crippen LogP contribution in [0.2, 0.25) is 0 Å². The lowest BCUT2D eigenvalue weighted by Gasteiger charge is -1.96. The molecule has 2 heterocycles. The largest absolute Gasteiger partial charge is 0.325 e. The average molecular weight is 240 g/mol. The van der Waals surface area contributed by atoms with E-state index in [1.54, 1.807) is 0 Å². The maximum atomic E-state index is 5.57. The van der Waals surface area contributed by atoms with Gasteiger partial charge in [-0.05, 0) is 35.0 Å². The van der Waals surface area contributed by atoms with E-state index in [-0.39, 0.29) is 0 Å². The van der Waals surface area contributed by atoms with E-state index in [0.29, 0.717) is 6.54 Å². The van der Waals surface area contributed by atoms with Crippen LogP contribution < -0.4 is 5.73 Å². The highest BCUT2D eigenvalue weighted by molar-refractivity contribution is 9.10. The molecule has 0 saturated carbocycles. The molecule has 0 aromatic carbocycles. The number of imidazole rings is 1. The first kappa shape index (κ1) is 8.72. The van der Waals surface area contributed by atoms with Crippen molar-refractivity contribution in [1.82, 2.24) is 9.38 Å². The molecular formula is C9H10BrN3. The minimum atomic E-state index is 0.486. The number of pyridine rings is 1. The van der Waals surface area contributed by atoms with Gasteiger partial charge >= 0.3 is 0 Å². The van der Waals surface area contributed by atoms with E-state index >= 15 is 0 Å². The maximum absolute atomic E-state index is 5.57. The van der Waals surface area contributed by atoms with Crippen LogP contribution >= 0.6 is 15.9 Å². The third-order valence-corrected chi connectivity index (χ3v) is 2.75. The molecular weight excluding hydrogens is 230 g/mol. The van der Waals surface area contributed by atoms with E-state index in [0.717, 1.165) is 21.5 Å². The minimum Gasteiger partial charge on any atom is -0.325 e. The van der Waals surface area contributed by atoms with Crippen molar-refractivity contribution in [2.24, 2.45) is 5.73 Å². The maximum Gasteiger partial charge on any atom is 0.151 e. The summed E-state index contributed by atoms with van der Waals surface area (Å²) in [5, 5.41) is 0. The Labute approximate surface area is 84.7 Å². The van der Waals surface area contributed by atoms with Gasteiger partial charge in [0.25, 0.3) is 0 Å². The fraction of sp³-hybridized carbons (Fsp3) is 0.222. The molecule has 0 spiro atoms. The normalized spacial score (nSPS) is 11.0.